The number of nitrogens with zero attached hydrogens (tertiary/aromatic N) is 5. The van der Waals surface area contributed by atoms with Crippen LogP contribution in [0.25, 0.3) is 0 Å². The van der Waals surface area contributed by atoms with Gasteiger partial charge in [0, 0.05) is 12.7 Å². The summed E-state index contributed by atoms with van der Waals surface area (Å²) in [5.41, 5.74) is 4.57. The number of amides is 2. The normalized spacial score (nSPS) is 10.7. The van der Waals surface area contributed by atoms with E-state index in [-0.39, 0.29) is 24.0 Å². The third-order valence-electron chi connectivity index (χ3n) is 3.97. The maximum atomic E-state index is 12.3. The van der Waals surface area contributed by atoms with E-state index in [1.54, 1.807) is 17.1 Å². The molecule has 0 saturated heterocycles. The van der Waals surface area contributed by atoms with Crippen LogP contribution in [0.1, 0.15) is 17.0 Å². The SMILES string of the molecule is Cc1ccc(NC(=O)Cc2nnc(SCC(=O)Nc3nncs3)n2C)cc1C. The van der Waals surface area contributed by atoms with Gasteiger partial charge in [0.25, 0.3) is 0 Å². The van der Waals surface area contributed by atoms with Gasteiger partial charge in [-0.3, -0.25) is 14.9 Å². The van der Waals surface area contributed by atoms with Gasteiger partial charge in [0.1, 0.15) is 11.3 Å². The lowest BCUT2D eigenvalue weighted by molar-refractivity contribution is -0.116. The number of nitrogens with one attached hydrogen (secondary N) is 2. The van der Waals surface area contributed by atoms with E-state index >= 15 is 0 Å². The van der Waals surface area contributed by atoms with Crippen LogP contribution in [0.3, 0.4) is 0 Å². The fourth-order valence-corrected chi connectivity index (χ4v) is 3.50. The molecule has 11 heteroatoms. The van der Waals surface area contributed by atoms with Crippen molar-refractivity contribution < 1.29 is 9.59 Å². The average molecular weight is 418 g/mol. The highest BCUT2D eigenvalue weighted by Crippen LogP contribution is 2.18. The van der Waals surface area contributed by atoms with E-state index in [1.807, 2.05) is 32.0 Å². The highest BCUT2D eigenvalue weighted by molar-refractivity contribution is 7.99. The summed E-state index contributed by atoms with van der Waals surface area (Å²) in [6.45, 7) is 4.02. The van der Waals surface area contributed by atoms with Gasteiger partial charge in [0.2, 0.25) is 16.9 Å². The lowest BCUT2D eigenvalue weighted by atomic mass is 10.1. The molecular formula is C17H19N7O2S2. The molecule has 1 aromatic carbocycles. The summed E-state index contributed by atoms with van der Waals surface area (Å²) in [4.78, 5) is 24.2. The van der Waals surface area contributed by atoms with Crippen molar-refractivity contribution in [3.05, 3.63) is 40.7 Å². The molecule has 0 radical (unpaired) electrons. The Labute approximate surface area is 170 Å². The molecule has 0 saturated carbocycles. The summed E-state index contributed by atoms with van der Waals surface area (Å²) in [7, 11) is 1.77. The monoisotopic (exact) mass is 417 g/mol. The van der Waals surface area contributed by atoms with Gasteiger partial charge in [-0.05, 0) is 37.1 Å². The van der Waals surface area contributed by atoms with Crippen LogP contribution in [0, 0.1) is 13.8 Å². The molecule has 2 N–H and O–H groups in total. The maximum Gasteiger partial charge on any atom is 0.236 e. The second-order valence-corrected chi connectivity index (χ2v) is 7.84. The highest BCUT2D eigenvalue weighted by Gasteiger charge is 2.15. The summed E-state index contributed by atoms with van der Waals surface area (Å²) in [6.07, 6.45) is 0.0912. The van der Waals surface area contributed by atoms with Crippen molar-refractivity contribution in [3.8, 4) is 0 Å². The Kier molecular flexibility index (Phi) is 6.37. The Morgan fingerprint density at radius 2 is 1.93 bits per heavy atom. The number of thioether (sulfide) groups is 1. The van der Waals surface area contributed by atoms with Crippen molar-refractivity contribution >= 4 is 45.7 Å². The van der Waals surface area contributed by atoms with Crippen molar-refractivity contribution in [2.75, 3.05) is 16.4 Å². The van der Waals surface area contributed by atoms with Crippen molar-refractivity contribution in [3.63, 3.8) is 0 Å². The first-order chi connectivity index (χ1) is 13.4. The second kappa shape index (κ2) is 8.93. The van der Waals surface area contributed by atoms with Gasteiger partial charge in [-0.25, -0.2) is 0 Å². The zero-order valence-corrected chi connectivity index (χ0v) is 17.2. The van der Waals surface area contributed by atoms with Gasteiger partial charge >= 0.3 is 0 Å². The van der Waals surface area contributed by atoms with Crippen LogP contribution >= 0.6 is 23.1 Å². The minimum absolute atomic E-state index is 0.0912. The number of hydrogen-bond donors (Lipinski definition) is 2. The zero-order chi connectivity index (χ0) is 20.1. The zero-order valence-electron chi connectivity index (χ0n) is 15.6. The lowest BCUT2D eigenvalue weighted by Crippen LogP contribution is -2.17. The smallest absolute Gasteiger partial charge is 0.236 e. The molecular weight excluding hydrogens is 398 g/mol. The molecule has 0 aliphatic carbocycles. The fourth-order valence-electron chi connectivity index (χ4n) is 2.31. The van der Waals surface area contributed by atoms with Crippen molar-refractivity contribution in [1.82, 2.24) is 25.0 Å². The maximum absolute atomic E-state index is 12.3. The molecule has 0 aliphatic heterocycles. The molecule has 0 aliphatic rings. The molecule has 2 amide bonds. The second-order valence-electron chi connectivity index (χ2n) is 6.06. The number of aromatic nitrogens is 5. The van der Waals surface area contributed by atoms with Gasteiger partial charge in [0.05, 0.1) is 12.2 Å². The molecule has 28 heavy (non-hydrogen) atoms. The topological polar surface area (TPSA) is 115 Å². The standard InChI is InChI=1S/C17H19N7O2S2/c1-10-4-5-12(6-11(10)2)19-14(25)7-13-21-23-17(24(13)3)27-8-15(26)20-16-22-18-9-28-16/h4-6,9H,7-8H2,1-3H3,(H,19,25)(H,20,22,26). The van der Waals surface area contributed by atoms with E-state index in [1.165, 1.54) is 28.7 Å². The molecule has 0 bridgehead atoms. The molecule has 3 rings (SSSR count). The van der Waals surface area contributed by atoms with Crippen LogP contribution in [0.5, 0.6) is 0 Å². The van der Waals surface area contributed by atoms with Crippen LogP contribution < -0.4 is 10.6 Å². The van der Waals surface area contributed by atoms with Crippen molar-refractivity contribution in [2.45, 2.75) is 25.4 Å². The van der Waals surface area contributed by atoms with Crippen LogP contribution in [0.4, 0.5) is 10.8 Å². The van der Waals surface area contributed by atoms with Gasteiger partial charge in [-0.1, -0.05) is 29.2 Å². The number of hydrogen-bond acceptors (Lipinski definition) is 8. The third kappa shape index (κ3) is 5.14. The molecule has 2 heterocycles. The quantitative estimate of drug-likeness (QED) is 0.566. The number of carbonyl (C=O) groups is 2. The average Bonchev–Trinajstić information content (AvgIpc) is 3.27. The van der Waals surface area contributed by atoms with E-state index in [2.05, 4.69) is 31.0 Å². The fraction of sp³-hybridized carbons (Fsp3) is 0.294. The highest BCUT2D eigenvalue weighted by atomic mass is 32.2. The molecule has 0 atom stereocenters. The van der Waals surface area contributed by atoms with Crippen LogP contribution in [0.2, 0.25) is 0 Å². The first-order valence-electron chi connectivity index (χ1n) is 8.36. The summed E-state index contributed by atoms with van der Waals surface area (Å²) < 4.78 is 1.71. The Balaban J connectivity index is 1.54. The van der Waals surface area contributed by atoms with Crippen LogP contribution in [0.15, 0.2) is 28.9 Å². The number of rotatable bonds is 7. The molecule has 3 aromatic rings. The molecule has 0 spiro atoms. The van der Waals surface area contributed by atoms with Crippen molar-refractivity contribution in [1.29, 1.82) is 0 Å². The first-order valence-corrected chi connectivity index (χ1v) is 10.2. The van der Waals surface area contributed by atoms with E-state index in [4.69, 9.17) is 0 Å². The molecule has 0 fully saturated rings. The Morgan fingerprint density at radius 1 is 1.11 bits per heavy atom. The summed E-state index contributed by atoms with van der Waals surface area (Å²) >= 11 is 2.48. The van der Waals surface area contributed by atoms with E-state index in [9.17, 15) is 9.59 Å². The van der Waals surface area contributed by atoms with Crippen LogP contribution in [-0.4, -0.2) is 42.5 Å². The largest absolute Gasteiger partial charge is 0.326 e. The van der Waals surface area contributed by atoms with Gasteiger partial charge in [-0.2, -0.15) is 0 Å². The molecule has 9 nitrogen and oxygen atoms in total. The summed E-state index contributed by atoms with van der Waals surface area (Å²) in [5.74, 6) is 0.289. The number of carbonyl (C=O) groups excluding carboxylic acids is 2. The molecule has 0 unspecified atom stereocenters. The predicted octanol–water partition coefficient (Wildman–Crippen LogP) is 2.20. The Hall–Kier alpha value is -2.79. The Morgan fingerprint density at radius 3 is 2.64 bits per heavy atom. The number of aryl methyl sites for hydroxylation is 2. The molecule has 2 aromatic heterocycles. The minimum Gasteiger partial charge on any atom is -0.326 e. The van der Waals surface area contributed by atoms with E-state index in [0.29, 0.717) is 16.1 Å². The predicted molar refractivity (Wildman–Crippen MR) is 109 cm³/mol. The van der Waals surface area contributed by atoms with E-state index < -0.39 is 0 Å². The third-order valence-corrected chi connectivity index (χ3v) is 5.60. The van der Waals surface area contributed by atoms with E-state index in [0.717, 1.165) is 11.3 Å². The van der Waals surface area contributed by atoms with Gasteiger partial charge < -0.3 is 9.88 Å². The van der Waals surface area contributed by atoms with Crippen molar-refractivity contribution in [2.24, 2.45) is 7.05 Å². The first kappa shape index (κ1) is 20.0. The van der Waals surface area contributed by atoms with Gasteiger partial charge in [0.15, 0.2) is 5.16 Å². The minimum atomic E-state index is -0.209. The summed E-state index contributed by atoms with van der Waals surface area (Å²) in [6, 6.07) is 5.77. The number of benzene rings is 1. The molecule has 146 valence electrons. The van der Waals surface area contributed by atoms with Gasteiger partial charge in [-0.15, -0.1) is 20.4 Å². The lowest BCUT2D eigenvalue weighted by Gasteiger charge is -2.08. The summed E-state index contributed by atoms with van der Waals surface area (Å²) in [5, 5.41) is 22.1. The Bertz CT molecular complexity index is 986. The number of anilines is 2. The van der Waals surface area contributed by atoms with Crippen LogP contribution in [-0.2, 0) is 23.1 Å².